The van der Waals surface area contributed by atoms with Gasteiger partial charge >= 0.3 is 0 Å². The van der Waals surface area contributed by atoms with E-state index >= 15 is 0 Å². The molecule has 0 amide bonds. The van der Waals surface area contributed by atoms with Gasteiger partial charge in [0.2, 0.25) is 0 Å². The lowest BCUT2D eigenvalue weighted by atomic mass is 10.2. The lowest BCUT2D eigenvalue weighted by molar-refractivity contribution is 0.591. The molecule has 0 bridgehead atoms. The molecule has 0 spiro atoms. The van der Waals surface area contributed by atoms with Crippen molar-refractivity contribution in [1.82, 2.24) is 14.8 Å². The second-order valence-corrected chi connectivity index (χ2v) is 9.33. The van der Waals surface area contributed by atoms with Crippen molar-refractivity contribution in [2.45, 2.75) is 21.6 Å². The monoisotopic (exact) mass is 427 g/mol. The van der Waals surface area contributed by atoms with Crippen LogP contribution in [-0.4, -0.2) is 23.2 Å². The van der Waals surface area contributed by atoms with Crippen LogP contribution in [0.15, 0.2) is 58.6 Å². The van der Waals surface area contributed by atoms with Crippen LogP contribution >= 0.6 is 35.0 Å². The fraction of sp³-hybridized carbons (Fsp3) is 0.176. The summed E-state index contributed by atoms with van der Waals surface area (Å²) < 4.78 is 26.7. The number of rotatable bonds is 6. The molecule has 0 N–H and O–H groups in total. The largest absolute Gasteiger partial charge is 0.308 e. The number of hydrogen-bond donors (Lipinski definition) is 0. The maximum absolute atomic E-state index is 12.5. The molecule has 0 aliphatic carbocycles. The molecule has 136 valence electrons. The van der Waals surface area contributed by atoms with Crippen molar-refractivity contribution in [3.05, 3.63) is 70.0 Å². The molecule has 0 saturated carbocycles. The van der Waals surface area contributed by atoms with Crippen molar-refractivity contribution in [2.24, 2.45) is 7.05 Å². The van der Waals surface area contributed by atoms with Crippen molar-refractivity contribution in [3.8, 4) is 0 Å². The summed E-state index contributed by atoms with van der Waals surface area (Å²) >= 11 is 13.5. The number of benzene rings is 2. The van der Waals surface area contributed by atoms with E-state index in [0.29, 0.717) is 26.8 Å². The van der Waals surface area contributed by atoms with Crippen molar-refractivity contribution >= 4 is 44.8 Å². The zero-order chi connectivity index (χ0) is 18.7. The van der Waals surface area contributed by atoms with E-state index in [1.807, 2.05) is 6.07 Å². The van der Waals surface area contributed by atoms with Gasteiger partial charge in [-0.3, -0.25) is 0 Å². The molecule has 0 unspecified atom stereocenters. The minimum absolute atomic E-state index is 0.206. The summed E-state index contributed by atoms with van der Waals surface area (Å²) in [5.41, 5.74) is 0.919. The average molecular weight is 428 g/mol. The topological polar surface area (TPSA) is 64.8 Å². The maximum Gasteiger partial charge on any atom is 0.191 e. The van der Waals surface area contributed by atoms with Gasteiger partial charge < -0.3 is 4.57 Å². The quantitative estimate of drug-likeness (QED) is 0.545. The van der Waals surface area contributed by atoms with Gasteiger partial charge in [-0.2, -0.15) is 0 Å². The van der Waals surface area contributed by atoms with Gasteiger partial charge in [-0.25, -0.2) is 8.42 Å². The number of thioether (sulfide) groups is 1. The SMILES string of the molecule is Cn1c(CS(=O)(=O)c2ccccc2)nnc1SCc1ccc(Cl)cc1Cl. The molecule has 0 aliphatic heterocycles. The summed E-state index contributed by atoms with van der Waals surface area (Å²) in [6.07, 6.45) is 0. The highest BCUT2D eigenvalue weighted by atomic mass is 35.5. The van der Waals surface area contributed by atoms with Crippen LogP contribution in [0.25, 0.3) is 0 Å². The molecule has 3 rings (SSSR count). The van der Waals surface area contributed by atoms with E-state index in [2.05, 4.69) is 10.2 Å². The third kappa shape index (κ3) is 4.40. The molecule has 0 fully saturated rings. The molecule has 0 radical (unpaired) electrons. The lowest BCUT2D eigenvalue weighted by Gasteiger charge is -2.06. The summed E-state index contributed by atoms with van der Waals surface area (Å²) in [4.78, 5) is 0.269. The van der Waals surface area contributed by atoms with Gasteiger partial charge in [0, 0.05) is 22.8 Å². The van der Waals surface area contributed by atoms with Gasteiger partial charge in [-0.05, 0) is 29.8 Å². The molecule has 9 heteroatoms. The Labute approximate surface area is 166 Å². The smallest absolute Gasteiger partial charge is 0.191 e. The van der Waals surface area contributed by atoms with Crippen LogP contribution in [0, 0.1) is 0 Å². The number of aromatic nitrogens is 3. The van der Waals surface area contributed by atoms with E-state index in [0.717, 1.165) is 5.56 Å². The number of sulfone groups is 1. The molecule has 3 aromatic rings. The third-order valence-corrected chi connectivity index (χ3v) is 7.00. The molecule has 0 atom stereocenters. The normalized spacial score (nSPS) is 11.7. The van der Waals surface area contributed by atoms with Crippen molar-refractivity contribution in [1.29, 1.82) is 0 Å². The Hall–Kier alpha value is -1.54. The number of nitrogens with zero attached hydrogens (tertiary/aromatic N) is 3. The van der Waals surface area contributed by atoms with Gasteiger partial charge in [-0.1, -0.05) is 59.2 Å². The van der Waals surface area contributed by atoms with Crippen LogP contribution < -0.4 is 0 Å². The van der Waals surface area contributed by atoms with Crippen LogP contribution in [0.1, 0.15) is 11.4 Å². The van der Waals surface area contributed by atoms with Crippen LogP contribution in [0.4, 0.5) is 0 Å². The first-order chi connectivity index (χ1) is 12.4. The predicted octanol–water partition coefficient (Wildman–Crippen LogP) is 4.39. The first kappa shape index (κ1) is 19.2. The highest BCUT2D eigenvalue weighted by Gasteiger charge is 2.20. The van der Waals surface area contributed by atoms with Crippen molar-refractivity contribution < 1.29 is 8.42 Å². The Morgan fingerprint density at radius 2 is 1.81 bits per heavy atom. The molecular formula is C17H15Cl2N3O2S2. The second-order valence-electron chi connectivity index (χ2n) is 5.55. The molecule has 0 saturated heterocycles. The summed E-state index contributed by atoms with van der Waals surface area (Å²) in [6, 6.07) is 13.6. The fourth-order valence-electron chi connectivity index (χ4n) is 2.26. The summed E-state index contributed by atoms with van der Waals surface area (Å²) in [5, 5.41) is 9.91. The Morgan fingerprint density at radius 1 is 1.08 bits per heavy atom. The molecule has 1 heterocycles. The third-order valence-electron chi connectivity index (χ3n) is 3.72. The Bertz CT molecular complexity index is 1020. The van der Waals surface area contributed by atoms with E-state index in [4.69, 9.17) is 23.2 Å². The van der Waals surface area contributed by atoms with E-state index in [9.17, 15) is 8.42 Å². The van der Waals surface area contributed by atoms with Gasteiger partial charge in [-0.15, -0.1) is 10.2 Å². The van der Waals surface area contributed by atoms with Crippen LogP contribution in [0.3, 0.4) is 0 Å². The Kier molecular flexibility index (Phi) is 5.92. The summed E-state index contributed by atoms with van der Waals surface area (Å²) in [6.45, 7) is 0. The second kappa shape index (κ2) is 8.00. The lowest BCUT2D eigenvalue weighted by Crippen LogP contribution is -2.09. The molecule has 5 nitrogen and oxygen atoms in total. The van der Waals surface area contributed by atoms with Gasteiger partial charge in [0.15, 0.2) is 15.0 Å². The summed E-state index contributed by atoms with van der Waals surface area (Å²) in [7, 11) is -1.72. The van der Waals surface area contributed by atoms with Gasteiger partial charge in [0.25, 0.3) is 0 Å². The minimum Gasteiger partial charge on any atom is -0.308 e. The Morgan fingerprint density at radius 3 is 2.50 bits per heavy atom. The van der Waals surface area contributed by atoms with Gasteiger partial charge in [0.1, 0.15) is 11.6 Å². The molecule has 1 aromatic heterocycles. The summed E-state index contributed by atoms with van der Waals surface area (Å²) in [5.74, 6) is 0.759. The van der Waals surface area contributed by atoms with E-state index in [-0.39, 0.29) is 10.6 Å². The van der Waals surface area contributed by atoms with Gasteiger partial charge in [0.05, 0.1) is 4.90 Å². The predicted molar refractivity (Wildman–Crippen MR) is 104 cm³/mol. The fourth-order valence-corrected chi connectivity index (χ4v) is 5.08. The van der Waals surface area contributed by atoms with Crippen LogP contribution in [0.5, 0.6) is 0 Å². The Balaban J connectivity index is 1.74. The highest BCUT2D eigenvalue weighted by molar-refractivity contribution is 7.98. The van der Waals surface area contributed by atoms with E-state index < -0.39 is 9.84 Å². The minimum atomic E-state index is -3.47. The molecule has 2 aromatic carbocycles. The van der Waals surface area contributed by atoms with Crippen LogP contribution in [-0.2, 0) is 28.4 Å². The van der Waals surface area contributed by atoms with Crippen molar-refractivity contribution in [3.63, 3.8) is 0 Å². The first-order valence-electron chi connectivity index (χ1n) is 7.59. The molecule has 26 heavy (non-hydrogen) atoms. The molecule has 0 aliphatic rings. The van der Waals surface area contributed by atoms with Crippen molar-refractivity contribution in [2.75, 3.05) is 0 Å². The zero-order valence-electron chi connectivity index (χ0n) is 13.8. The average Bonchev–Trinajstić information content (AvgIpc) is 2.94. The highest BCUT2D eigenvalue weighted by Crippen LogP contribution is 2.28. The number of hydrogen-bond acceptors (Lipinski definition) is 5. The first-order valence-corrected chi connectivity index (χ1v) is 11.0. The molecular weight excluding hydrogens is 413 g/mol. The van der Waals surface area contributed by atoms with E-state index in [1.165, 1.54) is 11.8 Å². The van der Waals surface area contributed by atoms with E-state index in [1.54, 1.807) is 54.1 Å². The standard InChI is InChI=1S/C17H15Cl2N3O2S2/c1-22-16(11-26(23,24)14-5-3-2-4-6-14)20-21-17(22)25-10-12-7-8-13(18)9-15(12)19/h2-9H,10-11H2,1H3. The zero-order valence-corrected chi connectivity index (χ0v) is 16.9. The maximum atomic E-state index is 12.5. The van der Waals surface area contributed by atoms with Crippen LogP contribution in [0.2, 0.25) is 10.0 Å². The number of halogens is 2.